The zero-order chi connectivity index (χ0) is 41.0. The van der Waals surface area contributed by atoms with Crippen molar-refractivity contribution in [3.05, 3.63) is 200 Å². The van der Waals surface area contributed by atoms with E-state index in [2.05, 4.69) is 114 Å². The van der Waals surface area contributed by atoms with E-state index in [0.29, 0.717) is 34.9 Å². The molecule has 0 saturated heterocycles. The normalized spacial score (nSPS) is 11.5. The third-order valence-electron chi connectivity index (χ3n) is 11.3. The minimum Gasteiger partial charge on any atom is -0.309 e. The van der Waals surface area contributed by atoms with E-state index in [1.165, 1.54) is 26.5 Å². The molecule has 0 saturated carbocycles. The number of hydrogen-bond acceptors (Lipinski definition) is 7. The summed E-state index contributed by atoms with van der Waals surface area (Å²) in [4.78, 5) is 30.1. The van der Waals surface area contributed by atoms with Gasteiger partial charge in [-0.25, -0.2) is 29.9 Å². The molecule has 0 bridgehead atoms. The Morgan fingerprint density at radius 1 is 0.274 bits per heavy atom. The Kier molecular flexibility index (Phi) is 8.53. The summed E-state index contributed by atoms with van der Waals surface area (Å²) in [7, 11) is 0. The van der Waals surface area contributed by atoms with Crippen molar-refractivity contribution in [3.8, 4) is 74.0 Å². The lowest BCUT2D eigenvalue weighted by Crippen LogP contribution is -2.00. The van der Waals surface area contributed by atoms with Gasteiger partial charge in [-0.15, -0.1) is 11.3 Å². The number of aromatic nitrogens is 7. The molecule has 0 aliphatic carbocycles. The van der Waals surface area contributed by atoms with Gasteiger partial charge in [0.05, 0.1) is 11.0 Å². The maximum absolute atomic E-state index is 5.14. The molecule has 0 amide bonds. The molecule has 0 fully saturated rings. The van der Waals surface area contributed by atoms with Crippen molar-refractivity contribution < 1.29 is 0 Å². The van der Waals surface area contributed by atoms with Crippen LogP contribution in [0.1, 0.15) is 0 Å². The second-order valence-corrected chi connectivity index (χ2v) is 16.2. The number of rotatable bonds is 7. The highest BCUT2D eigenvalue weighted by Gasteiger charge is 2.18. The van der Waals surface area contributed by atoms with Crippen LogP contribution in [0.2, 0.25) is 0 Å². The van der Waals surface area contributed by atoms with Gasteiger partial charge >= 0.3 is 0 Å². The molecule has 4 heterocycles. The summed E-state index contributed by atoms with van der Waals surface area (Å²) in [6.07, 6.45) is 0. The van der Waals surface area contributed by atoms with Crippen LogP contribution in [0.5, 0.6) is 0 Å². The lowest BCUT2D eigenvalue weighted by Gasteiger charge is -2.11. The third kappa shape index (κ3) is 6.29. The Balaban J connectivity index is 0.940. The average molecular weight is 812 g/mol. The Morgan fingerprint density at radius 2 is 0.661 bits per heavy atom. The van der Waals surface area contributed by atoms with Crippen molar-refractivity contribution in [2.45, 2.75) is 0 Å². The minimum absolute atomic E-state index is 0.615. The first-order valence-electron chi connectivity index (χ1n) is 20.4. The van der Waals surface area contributed by atoms with Crippen LogP contribution in [0.25, 0.3) is 116 Å². The lowest BCUT2D eigenvalue weighted by atomic mass is 10.1. The topological polar surface area (TPSA) is 82.3 Å². The molecular weight excluding hydrogens is 779 g/mol. The van der Waals surface area contributed by atoms with Gasteiger partial charge in [0, 0.05) is 70.0 Å². The molecule has 12 rings (SSSR count). The van der Waals surface area contributed by atoms with Gasteiger partial charge in [-0.2, -0.15) is 0 Å². The molecule has 4 aromatic heterocycles. The summed E-state index contributed by atoms with van der Waals surface area (Å²) in [5, 5.41) is 4.75. The van der Waals surface area contributed by atoms with E-state index in [9.17, 15) is 0 Å². The van der Waals surface area contributed by atoms with Crippen molar-refractivity contribution in [1.82, 2.24) is 34.5 Å². The van der Waals surface area contributed by atoms with Crippen molar-refractivity contribution in [3.63, 3.8) is 0 Å². The van der Waals surface area contributed by atoms with Crippen LogP contribution in [0, 0.1) is 0 Å². The van der Waals surface area contributed by atoms with Crippen LogP contribution < -0.4 is 0 Å². The van der Waals surface area contributed by atoms with E-state index in [4.69, 9.17) is 29.9 Å². The number of hydrogen-bond donors (Lipinski definition) is 0. The van der Waals surface area contributed by atoms with Gasteiger partial charge in [0.25, 0.3) is 0 Å². The molecule has 62 heavy (non-hydrogen) atoms. The maximum Gasteiger partial charge on any atom is 0.164 e. The van der Waals surface area contributed by atoms with Crippen molar-refractivity contribution in [2.24, 2.45) is 0 Å². The predicted octanol–water partition coefficient (Wildman–Crippen LogP) is 13.5. The second-order valence-electron chi connectivity index (χ2n) is 15.2. The van der Waals surface area contributed by atoms with Gasteiger partial charge in [-0.1, -0.05) is 140 Å². The lowest BCUT2D eigenvalue weighted by molar-refractivity contribution is 1.07. The zero-order valence-electron chi connectivity index (χ0n) is 33.1. The monoisotopic (exact) mass is 811 g/mol. The Labute approximate surface area is 360 Å². The number of para-hydroxylation sites is 2. The van der Waals surface area contributed by atoms with E-state index in [1.807, 2.05) is 91.0 Å². The fraction of sp³-hybridized carbons (Fsp3) is 0. The molecule has 0 aliphatic rings. The molecule has 12 aromatic rings. The Morgan fingerprint density at radius 3 is 1.16 bits per heavy atom. The van der Waals surface area contributed by atoms with Gasteiger partial charge < -0.3 is 4.57 Å². The van der Waals surface area contributed by atoms with Gasteiger partial charge in [0.2, 0.25) is 0 Å². The van der Waals surface area contributed by atoms with E-state index in [0.717, 1.165) is 54.5 Å². The van der Waals surface area contributed by atoms with Crippen molar-refractivity contribution >= 4 is 53.3 Å². The van der Waals surface area contributed by atoms with Crippen LogP contribution in [-0.4, -0.2) is 34.5 Å². The molecule has 8 aromatic carbocycles. The highest BCUT2D eigenvalue weighted by Crippen LogP contribution is 2.39. The summed E-state index contributed by atoms with van der Waals surface area (Å²) in [5.41, 5.74) is 8.99. The van der Waals surface area contributed by atoms with Crippen LogP contribution in [0.15, 0.2) is 200 Å². The fourth-order valence-corrected chi connectivity index (χ4v) is 9.43. The molecule has 0 spiro atoms. The fourth-order valence-electron chi connectivity index (χ4n) is 8.30. The Bertz CT molecular complexity index is 3510. The maximum atomic E-state index is 5.14. The first-order chi connectivity index (χ1) is 30.7. The quantitative estimate of drug-likeness (QED) is 0.159. The number of nitrogens with zero attached hydrogens (tertiary/aromatic N) is 7. The van der Waals surface area contributed by atoms with Gasteiger partial charge in [-0.3, -0.25) is 0 Å². The standard InChI is InChI=1S/C54H33N7S/c1-4-14-34(15-5-1)49-55-50(35-16-6-2-7-17-35)59-54(58-49)39-26-30-43-44-32-38(27-31-47(44)62-48(43)33-39)53-57-51(36-18-8-3-9-19-36)56-52(60-53)37-24-28-40(29-25-37)61-45-22-12-10-20-41(45)42-21-11-13-23-46(42)61/h1-33H. The summed E-state index contributed by atoms with van der Waals surface area (Å²) >= 11 is 1.75. The highest BCUT2D eigenvalue weighted by molar-refractivity contribution is 7.25. The number of benzene rings is 8. The van der Waals surface area contributed by atoms with E-state index < -0.39 is 0 Å². The van der Waals surface area contributed by atoms with Crippen LogP contribution in [0.4, 0.5) is 0 Å². The van der Waals surface area contributed by atoms with Crippen LogP contribution in [-0.2, 0) is 0 Å². The minimum atomic E-state index is 0.615. The molecule has 0 unspecified atom stereocenters. The van der Waals surface area contributed by atoms with E-state index in [1.54, 1.807) is 11.3 Å². The number of thiophene rings is 1. The van der Waals surface area contributed by atoms with Gasteiger partial charge in [0.1, 0.15) is 0 Å². The third-order valence-corrected chi connectivity index (χ3v) is 12.5. The predicted molar refractivity (Wildman–Crippen MR) is 253 cm³/mol. The molecule has 0 aliphatic heterocycles. The summed E-state index contributed by atoms with van der Waals surface area (Å²) in [6, 6.07) is 68.9. The number of fused-ring (bicyclic) bond motifs is 6. The SMILES string of the molecule is c1ccc(-c2nc(-c3ccccc3)nc(-c3ccc4c(c3)sc3ccc(-c5nc(-c6ccccc6)nc(-c6ccc(-n7c8ccccc8c8ccccc87)cc6)n5)cc34)n2)cc1. The molecular formula is C54H33N7S. The molecule has 0 N–H and O–H groups in total. The second kappa shape index (κ2) is 14.8. The van der Waals surface area contributed by atoms with E-state index in [-0.39, 0.29) is 0 Å². The molecule has 290 valence electrons. The Hall–Kier alpha value is -8.20. The summed E-state index contributed by atoms with van der Waals surface area (Å²) in [6.45, 7) is 0. The molecule has 0 atom stereocenters. The summed E-state index contributed by atoms with van der Waals surface area (Å²) in [5.74, 6) is 3.77. The van der Waals surface area contributed by atoms with Crippen LogP contribution >= 0.6 is 11.3 Å². The molecule has 0 radical (unpaired) electrons. The first kappa shape index (κ1) is 35.7. The van der Waals surface area contributed by atoms with Crippen molar-refractivity contribution in [1.29, 1.82) is 0 Å². The van der Waals surface area contributed by atoms with Gasteiger partial charge in [0.15, 0.2) is 34.9 Å². The summed E-state index contributed by atoms with van der Waals surface area (Å²) < 4.78 is 4.63. The van der Waals surface area contributed by atoms with Crippen molar-refractivity contribution in [2.75, 3.05) is 0 Å². The molecule has 7 nitrogen and oxygen atoms in total. The van der Waals surface area contributed by atoms with Crippen LogP contribution in [0.3, 0.4) is 0 Å². The highest BCUT2D eigenvalue weighted by atomic mass is 32.1. The van der Waals surface area contributed by atoms with Gasteiger partial charge in [-0.05, 0) is 60.7 Å². The first-order valence-corrected chi connectivity index (χ1v) is 21.3. The largest absolute Gasteiger partial charge is 0.309 e. The zero-order valence-corrected chi connectivity index (χ0v) is 33.9. The van der Waals surface area contributed by atoms with E-state index >= 15 is 0 Å². The smallest absolute Gasteiger partial charge is 0.164 e. The molecule has 8 heteroatoms. The average Bonchev–Trinajstić information content (AvgIpc) is 3.89.